The molecule has 3 aliphatic rings. The number of primary amides is 1. The highest BCUT2D eigenvalue weighted by molar-refractivity contribution is 5.91. The molecule has 0 spiro atoms. The molecule has 1 saturated heterocycles. The number of piperidine rings is 1. The van der Waals surface area contributed by atoms with Gasteiger partial charge in [-0.25, -0.2) is 4.98 Å². The smallest absolute Gasteiger partial charge is 0.267 e. The molecule has 0 bridgehead atoms. The van der Waals surface area contributed by atoms with Crippen LogP contribution in [0.5, 0.6) is 0 Å². The molecule has 2 aliphatic carbocycles. The van der Waals surface area contributed by atoms with Crippen LogP contribution in [0.4, 0.5) is 17.5 Å². The van der Waals surface area contributed by atoms with E-state index in [0.717, 1.165) is 63.4 Å². The Labute approximate surface area is 213 Å². The van der Waals surface area contributed by atoms with Gasteiger partial charge in [-0.2, -0.15) is 4.98 Å². The average molecular weight is 494 g/mol. The van der Waals surface area contributed by atoms with Crippen LogP contribution >= 0.6 is 0 Å². The van der Waals surface area contributed by atoms with Gasteiger partial charge in [0.05, 0.1) is 6.10 Å². The van der Waals surface area contributed by atoms with Crippen molar-refractivity contribution in [3.63, 3.8) is 0 Å². The maximum Gasteiger partial charge on any atom is 0.267 e. The van der Waals surface area contributed by atoms with Crippen molar-refractivity contribution in [1.29, 1.82) is 0 Å². The zero-order valence-corrected chi connectivity index (χ0v) is 21.0. The van der Waals surface area contributed by atoms with E-state index >= 15 is 0 Å². The Balaban J connectivity index is 1.31. The summed E-state index contributed by atoms with van der Waals surface area (Å²) in [6, 6.07) is 3.66. The van der Waals surface area contributed by atoms with Crippen LogP contribution in [0.3, 0.4) is 0 Å². The molecule has 9 heteroatoms. The first-order valence-electron chi connectivity index (χ1n) is 13.6. The second-order valence-electron chi connectivity index (χ2n) is 10.8. The number of carbonyl (C=O) groups is 1. The van der Waals surface area contributed by atoms with E-state index in [-0.39, 0.29) is 11.8 Å². The Kier molecular flexibility index (Phi) is 7.96. The van der Waals surface area contributed by atoms with Gasteiger partial charge in [-0.1, -0.05) is 12.8 Å². The third-order valence-corrected chi connectivity index (χ3v) is 8.14. The van der Waals surface area contributed by atoms with Crippen molar-refractivity contribution in [2.24, 2.45) is 11.7 Å². The molecule has 0 unspecified atom stereocenters. The molecule has 5 N–H and O–H groups in total. The fourth-order valence-electron chi connectivity index (χ4n) is 6.04. The standard InChI is InChI=1S/C27H39N7O2/c28-25(36)24-15-21(9-12-29-24)32-27-30-16-23(26(33-27)31-20-5-7-22(35)8-6-20)19-10-13-34(14-11-19)17-18-3-1-2-4-18/h9,12,15-16,18-20,22,35H,1-8,10-11,13-14,17H2,(H2,28,36)(H2,29,30,31,32,33). The van der Waals surface area contributed by atoms with Crippen molar-refractivity contribution in [1.82, 2.24) is 19.9 Å². The first-order chi connectivity index (χ1) is 17.5. The SMILES string of the molecule is NC(=O)c1cc(Nc2ncc(C3CCN(CC4CCCC4)CC3)c(NC3CCC(O)CC3)n2)ccn1. The molecule has 1 amide bonds. The molecular weight excluding hydrogens is 454 g/mol. The lowest BCUT2D eigenvalue weighted by Gasteiger charge is -2.34. The highest BCUT2D eigenvalue weighted by Gasteiger charge is 2.28. The summed E-state index contributed by atoms with van der Waals surface area (Å²) < 4.78 is 0. The molecule has 194 valence electrons. The normalized spacial score (nSPS) is 24.0. The van der Waals surface area contributed by atoms with Crippen molar-refractivity contribution in [3.05, 3.63) is 35.8 Å². The van der Waals surface area contributed by atoms with Gasteiger partial charge in [-0.05, 0) is 88.4 Å². The summed E-state index contributed by atoms with van der Waals surface area (Å²) in [4.78, 5) is 27.7. The van der Waals surface area contributed by atoms with E-state index in [2.05, 4.69) is 25.5 Å². The number of nitrogens with one attached hydrogen (secondary N) is 2. The van der Waals surface area contributed by atoms with Crippen molar-refractivity contribution < 1.29 is 9.90 Å². The third kappa shape index (κ3) is 6.31. The molecule has 0 radical (unpaired) electrons. The maximum atomic E-state index is 11.5. The predicted octanol–water partition coefficient (Wildman–Crippen LogP) is 3.80. The number of nitrogens with two attached hydrogens (primary N) is 1. The second-order valence-corrected chi connectivity index (χ2v) is 10.8. The van der Waals surface area contributed by atoms with Crippen molar-refractivity contribution in [3.8, 4) is 0 Å². The average Bonchev–Trinajstić information content (AvgIpc) is 3.40. The summed E-state index contributed by atoms with van der Waals surface area (Å²) in [6.45, 7) is 3.51. The zero-order chi connectivity index (χ0) is 24.9. The van der Waals surface area contributed by atoms with Crippen LogP contribution < -0.4 is 16.4 Å². The molecule has 2 saturated carbocycles. The van der Waals surface area contributed by atoms with E-state index < -0.39 is 5.91 Å². The number of anilines is 3. The van der Waals surface area contributed by atoms with E-state index in [0.29, 0.717) is 23.6 Å². The zero-order valence-electron chi connectivity index (χ0n) is 21.0. The first kappa shape index (κ1) is 24.9. The van der Waals surface area contributed by atoms with Crippen LogP contribution in [-0.4, -0.2) is 62.6 Å². The van der Waals surface area contributed by atoms with Gasteiger partial charge in [0.1, 0.15) is 11.5 Å². The van der Waals surface area contributed by atoms with Crippen LogP contribution in [0.15, 0.2) is 24.5 Å². The Morgan fingerprint density at radius 1 is 1.06 bits per heavy atom. The van der Waals surface area contributed by atoms with E-state index in [9.17, 15) is 9.90 Å². The number of nitrogens with zero attached hydrogens (tertiary/aromatic N) is 4. The highest BCUT2D eigenvalue weighted by Crippen LogP contribution is 2.35. The lowest BCUT2D eigenvalue weighted by molar-refractivity contribution is 0.0995. The van der Waals surface area contributed by atoms with Gasteiger partial charge in [0.25, 0.3) is 5.91 Å². The Bertz CT molecular complexity index is 1030. The van der Waals surface area contributed by atoms with Crippen LogP contribution in [0.1, 0.15) is 86.2 Å². The number of carbonyl (C=O) groups excluding carboxylic acids is 1. The molecule has 36 heavy (non-hydrogen) atoms. The number of likely N-dealkylation sites (tertiary alicyclic amines) is 1. The number of aliphatic hydroxyl groups is 1. The van der Waals surface area contributed by atoms with E-state index in [1.807, 2.05) is 6.20 Å². The fourth-order valence-corrected chi connectivity index (χ4v) is 6.04. The lowest BCUT2D eigenvalue weighted by atomic mass is 9.89. The molecule has 9 nitrogen and oxygen atoms in total. The fraction of sp³-hybridized carbons (Fsp3) is 0.630. The number of hydrogen-bond donors (Lipinski definition) is 4. The van der Waals surface area contributed by atoms with Gasteiger partial charge in [0.15, 0.2) is 0 Å². The quantitative estimate of drug-likeness (QED) is 0.437. The molecule has 0 atom stereocenters. The number of rotatable bonds is 8. The summed E-state index contributed by atoms with van der Waals surface area (Å²) in [6.07, 6.45) is 14.6. The van der Waals surface area contributed by atoms with Gasteiger partial charge in [0, 0.05) is 36.2 Å². The highest BCUT2D eigenvalue weighted by atomic mass is 16.3. The van der Waals surface area contributed by atoms with Gasteiger partial charge < -0.3 is 26.4 Å². The number of hydrogen-bond acceptors (Lipinski definition) is 8. The number of pyridine rings is 1. The summed E-state index contributed by atoms with van der Waals surface area (Å²) in [5.74, 6) is 2.09. The van der Waals surface area contributed by atoms with Crippen LogP contribution in [0.2, 0.25) is 0 Å². The second kappa shape index (κ2) is 11.5. The summed E-state index contributed by atoms with van der Waals surface area (Å²) in [7, 11) is 0. The molecule has 2 aromatic heterocycles. The summed E-state index contributed by atoms with van der Waals surface area (Å²) in [5.41, 5.74) is 7.42. The molecule has 3 heterocycles. The van der Waals surface area contributed by atoms with E-state index in [1.54, 1.807) is 18.3 Å². The Morgan fingerprint density at radius 2 is 1.81 bits per heavy atom. The predicted molar refractivity (Wildman–Crippen MR) is 140 cm³/mol. The number of aliphatic hydroxyl groups excluding tert-OH is 1. The molecule has 0 aromatic carbocycles. The first-order valence-corrected chi connectivity index (χ1v) is 13.6. The van der Waals surface area contributed by atoms with E-state index in [1.165, 1.54) is 37.8 Å². The van der Waals surface area contributed by atoms with Crippen molar-refractivity contribution in [2.45, 2.75) is 82.3 Å². The molecule has 1 aliphatic heterocycles. The molecular formula is C27H39N7O2. The topological polar surface area (TPSA) is 129 Å². The molecule has 3 fully saturated rings. The number of amides is 1. The largest absolute Gasteiger partial charge is 0.393 e. The van der Waals surface area contributed by atoms with Gasteiger partial charge >= 0.3 is 0 Å². The van der Waals surface area contributed by atoms with Gasteiger partial charge in [-0.3, -0.25) is 9.78 Å². The Hall–Kier alpha value is -2.78. The Morgan fingerprint density at radius 3 is 2.53 bits per heavy atom. The molecule has 2 aromatic rings. The van der Waals surface area contributed by atoms with E-state index in [4.69, 9.17) is 10.7 Å². The molecule has 5 rings (SSSR count). The van der Waals surface area contributed by atoms with Crippen molar-refractivity contribution in [2.75, 3.05) is 30.3 Å². The van der Waals surface area contributed by atoms with Crippen LogP contribution in [0.25, 0.3) is 0 Å². The summed E-state index contributed by atoms with van der Waals surface area (Å²) >= 11 is 0. The van der Waals surface area contributed by atoms with Crippen LogP contribution in [0, 0.1) is 5.92 Å². The van der Waals surface area contributed by atoms with Crippen molar-refractivity contribution >= 4 is 23.4 Å². The van der Waals surface area contributed by atoms with Crippen LogP contribution in [-0.2, 0) is 0 Å². The minimum atomic E-state index is -0.573. The van der Waals surface area contributed by atoms with Gasteiger partial charge in [-0.15, -0.1) is 0 Å². The minimum Gasteiger partial charge on any atom is -0.393 e. The lowest BCUT2D eigenvalue weighted by Crippen LogP contribution is -2.36. The number of aromatic nitrogens is 3. The monoisotopic (exact) mass is 493 g/mol. The third-order valence-electron chi connectivity index (χ3n) is 8.14. The summed E-state index contributed by atoms with van der Waals surface area (Å²) in [5, 5.41) is 16.8. The maximum absolute atomic E-state index is 11.5. The minimum absolute atomic E-state index is 0.194. The van der Waals surface area contributed by atoms with Gasteiger partial charge in [0.2, 0.25) is 5.95 Å².